The van der Waals surface area contributed by atoms with Crippen molar-refractivity contribution in [2.24, 2.45) is 10.4 Å². The normalized spacial score (nSPS) is 16.2. The summed E-state index contributed by atoms with van der Waals surface area (Å²) in [7, 11) is 0.573. The van der Waals surface area contributed by atoms with Gasteiger partial charge in [0.05, 0.1) is 27.9 Å². The first kappa shape index (κ1) is 42.4. The molecule has 4 aromatic heterocycles. The Morgan fingerprint density at radius 3 is 2.55 bits per heavy atom. The highest BCUT2D eigenvalue weighted by molar-refractivity contribution is 7.19. The third-order valence-electron chi connectivity index (χ3n) is 11.8. The van der Waals surface area contributed by atoms with Gasteiger partial charge in [-0.2, -0.15) is 10.1 Å². The van der Waals surface area contributed by atoms with Crippen molar-refractivity contribution in [1.82, 2.24) is 29.5 Å². The zero-order valence-electron chi connectivity index (χ0n) is 35.4. The second-order valence-corrected chi connectivity index (χ2v) is 24.8. The molecule has 5 aromatic rings. The van der Waals surface area contributed by atoms with Crippen molar-refractivity contribution in [1.29, 1.82) is 0 Å². The minimum Gasteiger partial charge on any atom is -0.461 e. The largest absolute Gasteiger partial charge is 0.461 e. The Bertz CT molecular complexity index is 2260. The monoisotopic (exact) mass is 844 g/mol. The Morgan fingerprint density at radius 1 is 1.02 bits per heavy atom. The molecule has 0 N–H and O–H groups in total. The van der Waals surface area contributed by atoms with Crippen LogP contribution in [0.1, 0.15) is 92.0 Å². The van der Waals surface area contributed by atoms with Crippen LogP contribution >= 0.6 is 22.7 Å². The second kappa shape index (κ2) is 18.7. The highest BCUT2D eigenvalue weighted by atomic mass is 32.1. The predicted molar refractivity (Wildman–Crippen MR) is 237 cm³/mol. The van der Waals surface area contributed by atoms with Gasteiger partial charge in [0.1, 0.15) is 6.73 Å². The first-order chi connectivity index (χ1) is 28.0. The number of para-hydroxylation sites is 1. The lowest BCUT2D eigenvalue weighted by molar-refractivity contribution is 0.0521. The van der Waals surface area contributed by atoms with Crippen LogP contribution in [0.25, 0.3) is 20.7 Å². The fraction of sp³-hybridized carbons (Fsp3) is 0.581. The Labute approximate surface area is 351 Å². The van der Waals surface area contributed by atoms with Gasteiger partial charge in [-0.1, -0.05) is 86.6 Å². The van der Waals surface area contributed by atoms with E-state index in [0.29, 0.717) is 29.9 Å². The third-order valence-corrected chi connectivity index (χ3v) is 15.6. The Hall–Kier alpha value is -3.76. The zero-order valence-corrected chi connectivity index (χ0v) is 38.1. The molecule has 1 aromatic carbocycles. The molecule has 0 amide bonds. The van der Waals surface area contributed by atoms with Gasteiger partial charge in [0, 0.05) is 63.9 Å². The van der Waals surface area contributed by atoms with Crippen LogP contribution in [-0.4, -0.2) is 77.0 Å². The topological polar surface area (TPSA) is 122 Å². The number of hydrogen-bond acceptors (Lipinski definition) is 12. The minimum atomic E-state index is -1.21. The molecule has 7 rings (SSSR count). The van der Waals surface area contributed by atoms with Crippen LogP contribution in [0.5, 0.6) is 0 Å². The minimum absolute atomic E-state index is 0.176. The Balaban J connectivity index is 1.19. The van der Waals surface area contributed by atoms with Crippen LogP contribution in [0.3, 0.4) is 0 Å². The highest BCUT2D eigenvalue weighted by Crippen LogP contribution is 2.44. The molecule has 0 bridgehead atoms. The van der Waals surface area contributed by atoms with Crippen molar-refractivity contribution in [3.63, 3.8) is 0 Å². The Morgan fingerprint density at radius 2 is 1.79 bits per heavy atom. The van der Waals surface area contributed by atoms with Gasteiger partial charge in [0.2, 0.25) is 0 Å². The van der Waals surface area contributed by atoms with Gasteiger partial charge < -0.3 is 19.1 Å². The lowest BCUT2D eigenvalue weighted by Crippen LogP contribution is -2.29. The fourth-order valence-corrected chi connectivity index (χ4v) is 11.3. The van der Waals surface area contributed by atoms with Crippen molar-refractivity contribution in [2.75, 3.05) is 38.4 Å². The number of hydrogen-bond donors (Lipinski definition) is 0. The number of methoxy groups -OCH3 is 1. The molecule has 0 radical (unpaired) electrons. The average molecular weight is 845 g/mol. The van der Waals surface area contributed by atoms with Crippen molar-refractivity contribution in [3.8, 4) is 10.4 Å². The van der Waals surface area contributed by atoms with Gasteiger partial charge in [-0.15, -0.1) is 10.2 Å². The summed E-state index contributed by atoms with van der Waals surface area (Å²) >= 11 is 3.12. The lowest BCUT2D eigenvalue weighted by Gasteiger charge is -2.36. The maximum Gasteiger partial charge on any atom is 0.358 e. The number of fused-ring (bicyclic) bond motifs is 2. The molecule has 58 heavy (non-hydrogen) atoms. The van der Waals surface area contributed by atoms with Crippen LogP contribution in [0.15, 0.2) is 35.5 Å². The summed E-state index contributed by atoms with van der Waals surface area (Å²) in [6.07, 6.45) is 13.7. The van der Waals surface area contributed by atoms with Gasteiger partial charge in [0.25, 0.3) is 0 Å². The number of benzene rings is 1. The van der Waals surface area contributed by atoms with Gasteiger partial charge in [-0.3, -0.25) is 9.25 Å². The first-order valence-corrected chi connectivity index (χ1v) is 26.4. The quantitative estimate of drug-likeness (QED) is 0.0543. The van der Waals surface area contributed by atoms with E-state index in [1.54, 1.807) is 18.4 Å². The molecule has 1 fully saturated rings. The molecule has 0 spiro atoms. The van der Waals surface area contributed by atoms with Crippen molar-refractivity contribution < 1.29 is 19.0 Å². The molecular weight excluding hydrogens is 785 g/mol. The van der Waals surface area contributed by atoms with E-state index in [9.17, 15) is 4.79 Å². The summed E-state index contributed by atoms with van der Waals surface area (Å²) in [6, 6.07) is 9.45. The highest BCUT2D eigenvalue weighted by Gasteiger charge is 2.34. The maximum atomic E-state index is 13.5. The van der Waals surface area contributed by atoms with Crippen molar-refractivity contribution in [2.45, 2.75) is 124 Å². The molecule has 0 atom stereocenters. The molecule has 15 heteroatoms. The molecule has 1 aliphatic heterocycles. The van der Waals surface area contributed by atoms with Gasteiger partial charge >= 0.3 is 5.97 Å². The number of aromatic nitrogens is 6. The summed E-state index contributed by atoms with van der Waals surface area (Å²) in [5.74, 6) is 0.920. The molecular formula is C43H60N8O4S2Si. The summed E-state index contributed by atoms with van der Waals surface area (Å²) in [5.41, 5.74) is 5.62. The van der Waals surface area contributed by atoms with Gasteiger partial charge in [-0.25, -0.2) is 9.78 Å². The van der Waals surface area contributed by atoms with Crippen LogP contribution in [0.4, 0.5) is 16.8 Å². The van der Waals surface area contributed by atoms with Crippen molar-refractivity contribution >= 4 is 63.7 Å². The number of esters is 1. The van der Waals surface area contributed by atoms with Gasteiger partial charge in [0.15, 0.2) is 27.3 Å². The Kier molecular flexibility index (Phi) is 13.6. The van der Waals surface area contributed by atoms with E-state index in [2.05, 4.69) is 71.9 Å². The molecule has 0 unspecified atom stereocenters. The van der Waals surface area contributed by atoms with Gasteiger partial charge in [-0.05, 0) is 76.5 Å². The molecule has 312 valence electrons. The number of carbonyl (C=O) groups excluding carboxylic acids is 1. The first-order valence-electron chi connectivity index (χ1n) is 21.0. The maximum absolute atomic E-state index is 13.5. The summed E-state index contributed by atoms with van der Waals surface area (Å²) < 4.78 is 22.7. The van der Waals surface area contributed by atoms with Crippen LogP contribution in [-0.2, 0) is 33.9 Å². The molecule has 0 saturated heterocycles. The number of nitrogens with zero attached hydrogens (tertiary/aromatic N) is 8. The summed E-state index contributed by atoms with van der Waals surface area (Å²) in [5, 5.41) is 15.1. The van der Waals surface area contributed by atoms with E-state index in [1.165, 1.54) is 56.3 Å². The number of thiazole rings is 2. The third kappa shape index (κ3) is 9.49. The summed E-state index contributed by atoms with van der Waals surface area (Å²) in [6.45, 7) is 16.8. The molecule has 2 aliphatic rings. The molecule has 1 saturated carbocycles. The lowest BCUT2D eigenvalue weighted by atomic mass is 9.73. The van der Waals surface area contributed by atoms with Crippen LogP contribution < -0.4 is 9.70 Å². The summed E-state index contributed by atoms with van der Waals surface area (Å²) in [4.78, 5) is 27.3. The van der Waals surface area contributed by atoms with Crippen LogP contribution in [0, 0.1) is 19.3 Å². The van der Waals surface area contributed by atoms with E-state index in [0.717, 1.165) is 93.2 Å². The fourth-order valence-electron chi connectivity index (χ4n) is 8.35. The van der Waals surface area contributed by atoms with E-state index in [4.69, 9.17) is 39.5 Å². The van der Waals surface area contributed by atoms with Crippen molar-refractivity contribution in [3.05, 3.63) is 57.8 Å². The van der Waals surface area contributed by atoms with Crippen LogP contribution in [0.2, 0.25) is 25.7 Å². The number of ether oxygens (including phenoxy) is 3. The molecule has 1 aliphatic carbocycles. The second-order valence-electron chi connectivity index (χ2n) is 17.2. The number of carbonyl (C=O) groups is 1. The van der Waals surface area contributed by atoms with E-state index < -0.39 is 14.0 Å². The predicted octanol–water partition coefficient (Wildman–Crippen LogP) is 10.0. The zero-order chi connectivity index (χ0) is 40.9. The number of rotatable bonds is 16. The number of anilines is 2. The SMILES string of the molecule is CCOC(=O)c1nc(N2CCc3c2nnc(/N=c2\sc4ccccc4n2COCC[Si](C)(C)C)c3C)sc1-c1cnn(CC2(CCCOC)CCCCCCC2)c1C. The average Bonchev–Trinajstić information content (AvgIpc) is 3.97. The van der Waals surface area contributed by atoms with E-state index >= 15 is 0 Å². The van der Waals surface area contributed by atoms with E-state index in [1.807, 2.05) is 13.1 Å². The smallest absolute Gasteiger partial charge is 0.358 e. The standard InChI is InChI=1S/C43H60N8O4S2Si/c1-8-55-40(52)36-37(33-27-44-51(31(33)3)28-43(22-16-24-53-4)20-14-10-9-11-15-21-43)57-41(45-36)49-23-19-32-30(2)38(47-48-39(32)49)46-42-50(29-54-25-26-58(5,6)7)34-17-12-13-18-35(34)56-42/h12-13,17-18,27H,8-11,14-16,19-26,28-29H2,1-7H3/b46-42-. The van der Waals surface area contributed by atoms with E-state index in [-0.39, 0.29) is 12.0 Å². The molecule has 12 nitrogen and oxygen atoms in total. The molecule has 5 heterocycles.